The first-order valence-electron chi connectivity index (χ1n) is 6.16. The van der Waals surface area contributed by atoms with Crippen LogP contribution >= 0.6 is 0 Å². The average Bonchev–Trinajstić information content (AvgIpc) is 2.61. The molecule has 3 N–H and O–H groups in total. The van der Waals surface area contributed by atoms with Gasteiger partial charge in [-0.2, -0.15) is 15.0 Å². The topological polar surface area (TPSA) is 89.2 Å². The van der Waals surface area contributed by atoms with E-state index in [4.69, 9.17) is 10.5 Å². The van der Waals surface area contributed by atoms with Gasteiger partial charge in [-0.15, -0.1) is 0 Å². The molecule has 1 atom stereocenters. The third-order valence-electron chi connectivity index (χ3n) is 2.70. The first-order valence-corrected chi connectivity index (χ1v) is 6.16. The molecule has 7 nitrogen and oxygen atoms in total. The van der Waals surface area contributed by atoms with Gasteiger partial charge in [0.05, 0.1) is 6.10 Å². The number of nitrogen functional groups attached to an aromatic ring is 1. The van der Waals surface area contributed by atoms with Gasteiger partial charge in [0, 0.05) is 12.6 Å². The number of likely N-dealkylation sites (N-methyl/N-ethyl adjacent to an activating group) is 1. The maximum Gasteiger partial charge on any atom is 0.323 e. The van der Waals surface area contributed by atoms with E-state index >= 15 is 0 Å². The molecule has 0 radical (unpaired) electrons. The largest absolute Gasteiger partial charge is 0.461 e. The summed E-state index contributed by atoms with van der Waals surface area (Å²) in [5.74, 6) is 0.660. The standard InChI is InChI=1S/C11H20N6O/c1-7(2)18-11-15-9(12)14-10(16-11)13-8-4-5-17(3)6-8/h7-8H,4-6H2,1-3H3,(H3,12,13,14,15,16). The number of anilines is 2. The van der Waals surface area contributed by atoms with Crippen LogP contribution in [0.2, 0.25) is 0 Å². The van der Waals surface area contributed by atoms with Crippen molar-refractivity contribution in [3.8, 4) is 6.01 Å². The van der Waals surface area contributed by atoms with Crippen molar-refractivity contribution >= 4 is 11.9 Å². The van der Waals surface area contributed by atoms with E-state index in [9.17, 15) is 0 Å². The summed E-state index contributed by atoms with van der Waals surface area (Å²) in [5, 5.41) is 3.26. The van der Waals surface area contributed by atoms with E-state index in [1.165, 1.54) is 0 Å². The summed E-state index contributed by atoms with van der Waals surface area (Å²) in [4.78, 5) is 14.5. The van der Waals surface area contributed by atoms with Crippen molar-refractivity contribution in [1.82, 2.24) is 19.9 Å². The maximum atomic E-state index is 5.64. The molecule has 2 rings (SSSR count). The number of hydrogen-bond acceptors (Lipinski definition) is 7. The van der Waals surface area contributed by atoms with Crippen LogP contribution in [0.15, 0.2) is 0 Å². The zero-order chi connectivity index (χ0) is 13.1. The minimum Gasteiger partial charge on any atom is -0.461 e. The Morgan fingerprint density at radius 2 is 2.17 bits per heavy atom. The predicted molar refractivity (Wildman–Crippen MR) is 69.5 cm³/mol. The van der Waals surface area contributed by atoms with Gasteiger partial charge in [0.1, 0.15) is 0 Å². The lowest BCUT2D eigenvalue weighted by atomic mass is 10.3. The molecule has 0 saturated carbocycles. The molecule has 0 aromatic carbocycles. The summed E-state index contributed by atoms with van der Waals surface area (Å²) in [5.41, 5.74) is 5.64. The minimum atomic E-state index is 0.0114. The van der Waals surface area contributed by atoms with Crippen molar-refractivity contribution in [2.24, 2.45) is 0 Å². The lowest BCUT2D eigenvalue weighted by Crippen LogP contribution is -2.25. The highest BCUT2D eigenvalue weighted by molar-refractivity contribution is 5.34. The first-order chi connectivity index (χ1) is 8.52. The summed E-state index contributed by atoms with van der Waals surface area (Å²) in [6, 6.07) is 0.620. The molecule has 1 aliphatic rings. The van der Waals surface area contributed by atoms with E-state index in [0.29, 0.717) is 12.0 Å². The number of nitrogens with zero attached hydrogens (tertiary/aromatic N) is 4. The van der Waals surface area contributed by atoms with E-state index in [1.807, 2.05) is 13.8 Å². The number of nitrogens with two attached hydrogens (primary N) is 1. The van der Waals surface area contributed by atoms with Crippen LogP contribution in [-0.4, -0.2) is 52.1 Å². The molecular weight excluding hydrogens is 232 g/mol. The molecular formula is C11H20N6O. The van der Waals surface area contributed by atoms with Crippen LogP contribution in [0, 0.1) is 0 Å². The van der Waals surface area contributed by atoms with Gasteiger partial charge in [0.15, 0.2) is 0 Å². The van der Waals surface area contributed by atoms with Gasteiger partial charge < -0.3 is 20.7 Å². The molecule has 0 amide bonds. The monoisotopic (exact) mass is 252 g/mol. The zero-order valence-electron chi connectivity index (χ0n) is 11.1. The van der Waals surface area contributed by atoms with Crippen LogP contribution in [-0.2, 0) is 0 Å². The third-order valence-corrected chi connectivity index (χ3v) is 2.70. The molecule has 1 fully saturated rings. The second kappa shape index (κ2) is 5.34. The maximum absolute atomic E-state index is 5.64. The Morgan fingerprint density at radius 3 is 2.78 bits per heavy atom. The summed E-state index contributed by atoms with van der Waals surface area (Å²) in [7, 11) is 2.09. The molecule has 1 aromatic heterocycles. The number of likely N-dealkylation sites (tertiary alicyclic amines) is 1. The van der Waals surface area contributed by atoms with Crippen LogP contribution in [0.5, 0.6) is 6.01 Å². The summed E-state index contributed by atoms with van der Waals surface area (Å²) in [6.45, 7) is 5.89. The molecule has 2 heterocycles. The molecule has 1 aliphatic heterocycles. The molecule has 7 heteroatoms. The molecule has 1 aromatic rings. The normalized spacial score (nSPS) is 20.3. The Morgan fingerprint density at radius 1 is 1.39 bits per heavy atom. The smallest absolute Gasteiger partial charge is 0.323 e. The molecule has 0 spiro atoms. The van der Waals surface area contributed by atoms with E-state index < -0.39 is 0 Å². The zero-order valence-corrected chi connectivity index (χ0v) is 11.1. The van der Waals surface area contributed by atoms with Crippen LogP contribution < -0.4 is 15.8 Å². The molecule has 100 valence electrons. The van der Waals surface area contributed by atoms with Crippen LogP contribution in [0.4, 0.5) is 11.9 Å². The molecule has 0 aliphatic carbocycles. The van der Waals surface area contributed by atoms with Crippen molar-refractivity contribution in [2.45, 2.75) is 32.4 Å². The van der Waals surface area contributed by atoms with Crippen LogP contribution in [0.3, 0.4) is 0 Å². The van der Waals surface area contributed by atoms with Crippen molar-refractivity contribution in [1.29, 1.82) is 0 Å². The third kappa shape index (κ3) is 3.43. The van der Waals surface area contributed by atoms with Gasteiger partial charge in [-0.05, 0) is 33.9 Å². The number of nitrogens with one attached hydrogen (secondary N) is 1. The molecule has 0 bridgehead atoms. The molecule has 1 saturated heterocycles. The quantitative estimate of drug-likeness (QED) is 0.799. The van der Waals surface area contributed by atoms with Crippen LogP contribution in [0.25, 0.3) is 0 Å². The second-order valence-electron chi connectivity index (χ2n) is 4.86. The first kappa shape index (κ1) is 12.8. The summed E-state index contributed by atoms with van der Waals surface area (Å²) < 4.78 is 5.43. The number of ether oxygens (including phenoxy) is 1. The SMILES string of the molecule is CC(C)Oc1nc(N)nc(NC2CCN(C)C2)n1. The van der Waals surface area contributed by atoms with E-state index in [1.54, 1.807) is 0 Å². The number of aromatic nitrogens is 3. The van der Waals surface area contributed by atoms with Gasteiger partial charge in [-0.1, -0.05) is 0 Å². The van der Waals surface area contributed by atoms with Crippen molar-refractivity contribution < 1.29 is 4.74 Å². The van der Waals surface area contributed by atoms with Gasteiger partial charge in [0.25, 0.3) is 0 Å². The van der Waals surface area contributed by atoms with E-state index in [2.05, 4.69) is 32.2 Å². The van der Waals surface area contributed by atoms with E-state index in [-0.39, 0.29) is 18.1 Å². The fourth-order valence-corrected chi connectivity index (χ4v) is 1.94. The summed E-state index contributed by atoms with van der Waals surface area (Å²) >= 11 is 0. The van der Waals surface area contributed by atoms with Crippen LogP contribution in [0.1, 0.15) is 20.3 Å². The highest BCUT2D eigenvalue weighted by Crippen LogP contribution is 2.15. The Bertz CT molecular complexity index is 411. The van der Waals surface area contributed by atoms with E-state index in [0.717, 1.165) is 19.5 Å². The Hall–Kier alpha value is -1.63. The predicted octanol–water partition coefficient (Wildman–Crippen LogP) is 0.357. The van der Waals surface area contributed by atoms with Gasteiger partial charge >= 0.3 is 6.01 Å². The average molecular weight is 252 g/mol. The van der Waals surface area contributed by atoms with Crippen molar-refractivity contribution in [3.63, 3.8) is 0 Å². The Balaban J connectivity index is 2.05. The Kier molecular flexibility index (Phi) is 3.81. The lowest BCUT2D eigenvalue weighted by molar-refractivity contribution is 0.222. The summed E-state index contributed by atoms with van der Waals surface area (Å²) in [6.07, 6.45) is 1.08. The van der Waals surface area contributed by atoms with Gasteiger partial charge in [-0.25, -0.2) is 0 Å². The minimum absolute atomic E-state index is 0.0114. The fraction of sp³-hybridized carbons (Fsp3) is 0.727. The number of rotatable bonds is 4. The Labute approximate surface area is 107 Å². The highest BCUT2D eigenvalue weighted by Gasteiger charge is 2.20. The lowest BCUT2D eigenvalue weighted by Gasteiger charge is -2.14. The van der Waals surface area contributed by atoms with Gasteiger partial charge in [0.2, 0.25) is 11.9 Å². The second-order valence-corrected chi connectivity index (χ2v) is 4.86. The number of hydrogen-bond donors (Lipinski definition) is 2. The van der Waals surface area contributed by atoms with Crippen molar-refractivity contribution in [3.05, 3.63) is 0 Å². The molecule has 1 unspecified atom stereocenters. The van der Waals surface area contributed by atoms with Crippen molar-refractivity contribution in [2.75, 3.05) is 31.2 Å². The fourth-order valence-electron chi connectivity index (χ4n) is 1.94. The molecule has 18 heavy (non-hydrogen) atoms. The highest BCUT2D eigenvalue weighted by atomic mass is 16.5. The van der Waals surface area contributed by atoms with Gasteiger partial charge in [-0.3, -0.25) is 0 Å².